The molecule has 0 saturated heterocycles. The first-order chi connectivity index (χ1) is 7.20. The molecule has 15 heavy (non-hydrogen) atoms. The molecule has 0 amide bonds. The summed E-state index contributed by atoms with van der Waals surface area (Å²) in [7, 11) is 0. The first kappa shape index (κ1) is 9.86. The highest BCUT2D eigenvalue weighted by Gasteiger charge is 2.10. The highest BCUT2D eigenvalue weighted by atomic mass is 16.5. The van der Waals surface area contributed by atoms with Gasteiger partial charge in [-0.3, -0.25) is 0 Å². The molecule has 1 radical (unpaired) electrons. The van der Waals surface area contributed by atoms with Crippen molar-refractivity contribution < 1.29 is 9.63 Å². The average Bonchev–Trinajstić information content (AvgIpc) is 2.66. The highest BCUT2D eigenvalue weighted by Crippen LogP contribution is 2.21. The molecule has 0 aliphatic carbocycles. The number of aryl methyl sites for hydroxylation is 2. The third-order valence-electron chi connectivity index (χ3n) is 2.21. The van der Waals surface area contributed by atoms with Crippen LogP contribution in [0.1, 0.15) is 17.0 Å². The van der Waals surface area contributed by atoms with Crippen molar-refractivity contribution >= 4 is 0 Å². The molecular weight excluding hydrogens is 192 g/mol. The van der Waals surface area contributed by atoms with Gasteiger partial charge in [-0.1, -0.05) is 28.9 Å². The summed E-state index contributed by atoms with van der Waals surface area (Å²) in [6.07, 6.45) is 0. The Morgan fingerprint density at radius 3 is 2.73 bits per heavy atom. The van der Waals surface area contributed by atoms with Crippen LogP contribution in [0.2, 0.25) is 0 Å². The SMILES string of the molecule is Cc1ccc(-c2noc(C[O])n2)c(C)c1. The zero-order valence-electron chi connectivity index (χ0n) is 8.65. The van der Waals surface area contributed by atoms with Crippen molar-refractivity contribution in [2.75, 3.05) is 0 Å². The third kappa shape index (κ3) is 1.89. The van der Waals surface area contributed by atoms with Gasteiger partial charge in [0.1, 0.15) is 0 Å². The molecule has 1 aromatic heterocycles. The Hall–Kier alpha value is -1.68. The van der Waals surface area contributed by atoms with E-state index in [0.29, 0.717) is 5.82 Å². The summed E-state index contributed by atoms with van der Waals surface area (Å²) in [6.45, 7) is 3.53. The lowest BCUT2D eigenvalue weighted by Gasteiger charge is -2.01. The van der Waals surface area contributed by atoms with E-state index in [1.54, 1.807) is 0 Å². The second kappa shape index (κ2) is 3.82. The number of hydrogen-bond donors (Lipinski definition) is 0. The Balaban J connectivity index is 2.44. The second-order valence-corrected chi connectivity index (χ2v) is 3.47. The summed E-state index contributed by atoms with van der Waals surface area (Å²) >= 11 is 0. The fourth-order valence-corrected chi connectivity index (χ4v) is 1.49. The summed E-state index contributed by atoms with van der Waals surface area (Å²) in [5.41, 5.74) is 3.17. The number of aromatic nitrogens is 2. The quantitative estimate of drug-likeness (QED) is 0.752. The molecule has 0 N–H and O–H groups in total. The van der Waals surface area contributed by atoms with Crippen molar-refractivity contribution in [1.82, 2.24) is 10.1 Å². The van der Waals surface area contributed by atoms with E-state index in [0.717, 1.165) is 11.1 Å². The summed E-state index contributed by atoms with van der Waals surface area (Å²) < 4.78 is 4.78. The largest absolute Gasteiger partial charge is 0.336 e. The minimum Gasteiger partial charge on any atom is -0.336 e. The highest BCUT2D eigenvalue weighted by molar-refractivity contribution is 5.59. The van der Waals surface area contributed by atoms with Crippen molar-refractivity contribution in [1.29, 1.82) is 0 Å². The third-order valence-corrected chi connectivity index (χ3v) is 2.21. The molecule has 0 fully saturated rings. The molecule has 0 bridgehead atoms. The molecular formula is C11H11N2O2. The van der Waals surface area contributed by atoms with Gasteiger partial charge in [-0.2, -0.15) is 4.98 Å². The summed E-state index contributed by atoms with van der Waals surface area (Å²) in [5.74, 6) is 0.614. The minimum absolute atomic E-state index is 0.130. The van der Waals surface area contributed by atoms with Crippen molar-refractivity contribution in [3.05, 3.63) is 35.2 Å². The standard InChI is InChI=1S/C11H11N2O2/c1-7-3-4-9(8(2)5-7)11-12-10(6-14)15-13-11/h3-5H,6H2,1-2H3. The number of rotatable bonds is 2. The van der Waals surface area contributed by atoms with Crippen molar-refractivity contribution in [2.24, 2.45) is 0 Å². The van der Waals surface area contributed by atoms with E-state index in [2.05, 4.69) is 10.1 Å². The molecule has 0 unspecified atom stereocenters. The van der Waals surface area contributed by atoms with Gasteiger partial charge in [-0.15, -0.1) is 0 Å². The van der Waals surface area contributed by atoms with Crippen molar-refractivity contribution in [2.45, 2.75) is 20.5 Å². The van der Waals surface area contributed by atoms with Gasteiger partial charge in [0, 0.05) is 5.56 Å². The first-order valence-corrected chi connectivity index (χ1v) is 4.69. The van der Waals surface area contributed by atoms with Crippen LogP contribution in [0, 0.1) is 13.8 Å². The van der Waals surface area contributed by atoms with Gasteiger partial charge in [-0.05, 0) is 19.4 Å². The smallest absolute Gasteiger partial charge is 0.256 e. The van der Waals surface area contributed by atoms with E-state index in [9.17, 15) is 5.11 Å². The lowest BCUT2D eigenvalue weighted by Crippen LogP contribution is -1.87. The Kier molecular flexibility index (Phi) is 2.51. The predicted octanol–water partition coefficient (Wildman–Crippen LogP) is 2.28. The topological polar surface area (TPSA) is 58.8 Å². The second-order valence-electron chi connectivity index (χ2n) is 3.47. The molecule has 4 nitrogen and oxygen atoms in total. The maximum absolute atomic E-state index is 10.5. The van der Waals surface area contributed by atoms with E-state index >= 15 is 0 Å². The predicted molar refractivity (Wildman–Crippen MR) is 53.6 cm³/mol. The van der Waals surface area contributed by atoms with Gasteiger partial charge >= 0.3 is 0 Å². The molecule has 1 aromatic carbocycles. The maximum atomic E-state index is 10.5. The van der Waals surface area contributed by atoms with Crippen LogP contribution in [0.25, 0.3) is 11.4 Å². The molecule has 2 rings (SSSR count). The summed E-state index contributed by atoms with van der Waals surface area (Å²) in [4.78, 5) is 4.00. The van der Waals surface area contributed by atoms with Gasteiger partial charge < -0.3 is 4.52 Å². The molecule has 2 aromatic rings. The van der Waals surface area contributed by atoms with Crippen LogP contribution in [-0.2, 0) is 11.7 Å². The van der Waals surface area contributed by atoms with E-state index in [-0.39, 0.29) is 5.89 Å². The molecule has 4 heteroatoms. The lowest BCUT2D eigenvalue weighted by molar-refractivity contribution is 0.142. The normalized spacial score (nSPS) is 10.6. The van der Waals surface area contributed by atoms with Crippen LogP contribution in [0.5, 0.6) is 0 Å². The molecule has 0 saturated carbocycles. The minimum atomic E-state index is -0.474. The zero-order valence-corrected chi connectivity index (χ0v) is 8.65. The molecule has 0 spiro atoms. The van der Waals surface area contributed by atoms with Gasteiger partial charge in [0.25, 0.3) is 5.89 Å². The average molecular weight is 203 g/mol. The fraction of sp³-hybridized carbons (Fsp3) is 0.273. The summed E-state index contributed by atoms with van der Waals surface area (Å²) in [5, 5.41) is 14.3. The van der Waals surface area contributed by atoms with Gasteiger partial charge in [0.2, 0.25) is 5.82 Å². The van der Waals surface area contributed by atoms with Crippen LogP contribution in [0.15, 0.2) is 22.7 Å². The van der Waals surface area contributed by atoms with Crippen molar-refractivity contribution in [3.63, 3.8) is 0 Å². The van der Waals surface area contributed by atoms with Gasteiger partial charge in [0.15, 0.2) is 6.61 Å². The van der Waals surface area contributed by atoms with E-state index in [1.807, 2.05) is 32.0 Å². The van der Waals surface area contributed by atoms with Gasteiger partial charge in [-0.25, -0.2) is 5.11 Å². The van der Waals surface area contributed by atoms with E-state index in [1.165, 1.54) is 5.56 Å². The van der Waals surface area contributed by atoms with E-state index in [4.69, 9.17) is 4.52 Å². The fourth-order valence-electron chi connectivity index (χ4n) is 1.49. The molecule has 1 heterocycles. The molecule has 0 aliphatic rings. The van der Waals surface area contributed by atoms with Crippen LogP contribution in [0.3, 0.4) is 0 Å². The number of benzene rings is 1. The maximum Gasteiger partial charge on any atom is 0.256 e. The van der Waals surface area contributed by atoms with Crippen LogP contribution in [-0.4, -0.2) is 10.1 Å². The Bertz CT molecular complexity index is 477. The molecule has 77 valence electrons. The van der Waals surface area contributed by atoms with Crippen molar-refractivity contribution in [3.8, 4) is 11.4 Å². The number of hydrogen-bond acceptors (Lipinski definition) is 3. The molecule has 0 aliphatic heterocycles. The summed E-state index contributed by atoms with van der Waals surface area (Å²) in [6, 6.07) is 5.96. The van der Waals surface area contributed by atoms with E-state index < -0.39 is 6.61 Å². The zero-order chi connectivity index (χ0) is 10.8. The number of nitrogens with zero attached hydrogens (tertiary/aromatic N) is 2. The first-order valence-electron chi connectivity index (χ1n) is 4.69. The monoisotopic (exact) mass is 203 g/mol. The van der Waals surface area contributed by atoms with Crippen LogP contribution < -0.4 is 0 Å². The van der Waals surface area contributed by atoms with Crippen LogP contribution in [0.4, 0.5) is 0 Å². The Morgan fingerprint density at radius 1 is 1.33 bits per heavy atom. The Morgan fingerprint density at radius 2 is 2.13 bits per heavy atom. The molecule has 0 atom stereocenters. The Labute approximate surface area is 87.6 Å². The van der Waals surface area contributed by atoms with Crippen LogP contribution >= 0.6 is 0 Å². The lowest BCUT2D eigenvalue weighted by atomic mass is 10.1. The van der Waals surface area contributed by atoms with Gasteiger partial charge in [0.05, 0.1) is 0 Å².